The van der Waals surface area contributed by atoms with E-state index >= 15 is 0 Å². The molecule has 0 bridgehead atoms. The number of benzene rings is 3. The number of ether oxygens (including phenoxy) is 2. The summed E-state index contributed by atoms with van der Waals surface area (Å²) in [6.07, 6.45) is 0.348. The monoisotopic (exact) mass is 306 g/mol. The largest absolute Gasteiger partial charge is 0.497 e. The standard InChI is InChI=1S/C20H18O3/c1-22-18-11-17(12-19(13-18)23-2)20(21)10-14-7-8-15-5-3-4-6-16(15)9-14/h3-9,11-13H,10H2,1-2H3. The maximum Gasteiger partial charge on any atom is 0.167 e. The van der Waals surface area contributed by atoms with E-state index in [1.54, 1.807) is 32.4 Å². The lowest BCUT2D eigenvalue weighted by Crippen LogP contribution is -2.04. The lowest BCUT2D eigenvalue weighted by molar-refractivity contribution is 0.0992. The van der Waals surface area contributed by atoms with Crippen LogP contribution >= 0.6 is 0 Å². The van der Waals surface area contributed by atoms with Crippen LogP contribution in [0, 0.1) is 0 Å². The van der Waals surface area contributed by atoms with Crippen LogP contribution in [-0.2, 0) is 6.42 Å². The van der Waals surface area contributed by atoms with Gasteiger partial charge in [-0.3, -0.25) is 4.79 Å². The summed E-state index contributed by atoms with van der Waals surface area (Å²) in [5.74, 6) is 1.27. The van der Waals surface area contributed by atoms with Gasteiger partial charge in [-0.15, -0.1) is 0 Å². The Balaban J connectivity index is 1.88. The Morgan fingerprint density at radius 3 is 2.13 bits per heavy atom. The number of ketones is 1. The van der Waals surface area contributed by atoms with Crippen LogP contribution < -0.4 is 9.47 Å². The molecule has 23 heavy (non-hydrogen) atoms. The van der Waals surface area contributed by atoms with Gasteiger partial charge in [-0.25, -0.2) is 0 Å². The summed E-state index contributed by atoms with van der Waals surface area (Å²) in [6.45, 7) is 0. The summed E-state index contributed by atoms with van der Waals surface area (Å²) < 4.78 is 10.4. The first-order chi connectivity index (χ1) is 11.2. The fourth-order valence-electron chi connectivity index (χ4n) is 2.60. The van der Waals surface area contributed by atoms with Crippen LogP contribution in [0.25, 0.3) is 10.8 Å². The van der Waals surface area contributed by atoms with Gasteiger partial charge in [0.15, 0.2) is 5.78 Å². The van der Waals surface area contributed by atoms with Gasteiger partial charge in [0.25, 0.3) is 0 Å². The third-order valence-corrected chi connectivity index (χ3v) is 3.85. The molecule has 3 heteroatoms. The zero-order valence-corrected chi connectivity index (χ0v) is 13.2. The van der Waals surface area contributed by atoms with Crippen LogP contribution in [0.5, 0.6) is 11.5 Å². The topological polar surface area (TPSA) is 35.5 Å². The molecule has 3 aromatic rings. The number of fused-ring (bicyclic) bond motifs is 1. The number of hydrogen-bond acceptors (Lipinski definition) is 3. The van der Waals surface area contributed by atoms with E-state index in [4.69, 9.17) is 9.47 Å². The third-order valence-electron chi connectivity index (χ3n) is 3.85. The lowest BCUT2D eigenvalue weighted by Gasteiger charge is -2.08. The van der Waals surface area contributed by atoms with Gasteiger partial charge in [0.1, 0.15) is 11.5 Å². The van der Waals surface area contributed by atoms with E-state index in [2.05, 4.69) is 18.2 Å². The molecule has 0 atom stereocenters. The van der Waals surface area contributed by atoms with Crippen molar-refractivity contribution in [3.63, 3.8) is 0 Å². The van der Waals surface area contributed by atoms with Gasteiger partial charge < -0.3 is 9.47 Å². The Kier molecular flexibility index (Phi) is 4.29. The van der Waals surface area contributed by atoms with Crippen LogP contribution in [0.3, 0.4) is 0 Å². The maximum atomic E-state index is 12.6. The Morgan fingerprint density at radius 2 is 1.48 bits per heavy atom. The van der Waals surface area contributed by atoms with E-state index in [0.717, 1.165) is 10.9 Å². The molecule has 0 amide bonds. The smallest absolute Gasteiger partial charge is 0.167 e. The van der Waals surface area contributed by atoms with Crippen LogP contribution in [0.15, 0.2) is 60.7 Å². The number of carbonyl (C=O) groups excluding carboxylic acids is 1. The van der Waals surface area contributed by atoms with Gasteiger partial charge >= 0.3 is 0 Å². The minimum atomic E-state index is 0.0393. The van der Waals surface area contributed by atoms with Crippen molar-refractivity contribution in [1.29, 1.82) is 0 Å². The molecule has 116 valence electrons. The fourth-order valence-corrected chi connectivity index (χ4v) is 2.60. The molecule has 0 spiro atoms. The van der Waals surface area contributed by atoms with Crippen molar-refractivity contribution in [2.24, 2.45) is 0 Å². The Labute approximate surface area is 135 Å². The molecule has 0 saturated carbocycles. The summed E-state index contributed by atoms with van der Waals surface area (Å²) in [5.41, 5.74) is 1.59. The Hall–Kier alpha value is -2.81. The van der Waals surface area contributed by atoms with Gasteiger partial charge in [0, 0.05) is 18.1 Å². The summed E-state index contributed by atoms with van der Waals surface area (Å²) in [4.78, 5) is 12.6. The van der Waals surface area contributed by atoms with Crippen molar-refractivity contribution in [1.82, 2.24) is 0 Å². The molecular weight excluding hydrogens is 288 g/mol. The molecule has 0 unspecified atom stereocenters. The molecule has 0 aliphatic rings. The van der Waals surface area contributed by atoms with Crippen LogP contribution in [-0.4, -0.2) is 20.0 Å². The zero-order valence-electron chi connectivity index (χ0n) is 13.2. The molecule has 0 aromatic heterocycles. The summed E-state index contributed by atoms with van der Waals surface area (Å²) >= 11 is 0. The van der Waals surface area contributed by atoms with Gasteiger partial charge in [0.2, 0.25) is 0 Å². The van der Waals surface area contributed by atoms with Crippen LogP contribution in [0.1, 0.15) is 15.9 Å². The predicted molar refractivity (Wildman–Crippen MR) is 91.5 cm³/mol. The molecule has 0 N–H and O–H groups in total. The normalized spacial score (nSPS) is 10.5. The van der Waals surface area contributed by atoms with Crippen LogP contribution in [0.2, 0.25) is 0 Å². The van der Waals surface area contributed by atoms with Crippen molar-refractivity contribution >= 4 is 16.6 Å². The molecule has 0 heterocycles. The lowest BCUT2D eigenvalue weighted by atomic mass is 10.00. The second-order valence-corrected chi connectivity index (χ2v) is 5.38. The highest BCUT2D eigenvalue weighted by Gasteiger charge is 2.11. The van der Waals surface area contributed by atoms with Gasteiger partial charge in [-0.1, -0.05) is 42.5 Å². The van der Waals surface area contributed by atoms with E-state index in [9.17, 15) is 4.79 Å². The average Bonchev–Trinajstić information content (AvgIpc) is 2.61. The highest BCUT2D eigenvalue weighted by molar-refractivity contribution is 5.98. The Bertz CT molecular complexity index is 830. The molecule has 0 saturated heterocycles. The molecule has 0 fully saturated rings. The van der Waals surface area contributed by atoms with Crippen molar-refractivity contribution < 1.29 is 14.3 Å². The van der Waals surface area contributed by atoms with Crippen molar-refractivity contribution in [2.75, 3.05) is 14.2 Å². The number of carbonyl (C=O) groups is 1. The van der Waals surface area contributed by atoms with Crippen molar-refractivity contribution in [3.8, 4) is 11.5 Å². The van der Waals surface area contributed by atoms with E-state index in [1.165, 1.54) is 5.39 Å². The molecule has 3 rings (SSSR count). The summed E-state index contributed by atoms with van der Waals surface area (Å²) in [5, 5.41) is 2.31. The highest BCUT2D eigenvalue weighted by atomic mass is 16.5. The molecule has 3 aromatic carbocycles. The second-order valence-electron chi connectivity index (χ2n) is 5.38. The average molecular weight is 306 g/mol. The van der Waals surface area contributed by atoms with Gasteiger partial charge in [-0.2, -0.15) is 0 Å². The minimum absolute atomic E-state index is 0.0393. The second kappa shape index (κ2) is 6.53. The third kappa shape index (κ3) is 3.34. The number of methoxy groups -OCH3 is 2. The maximum absolute atomic E-state index is 12.6. The first-order valence-corrected chi connectivity index (χ1v) is 7.43. The SMILES string of the molecule is COc1cc(OC)cc(C(=O)Cc2ccc3ccccc3c2)c1. The van der Waals surface area contributed by atoms with Crippen molar-refractivity contribution in [3.05, 3.63) is 71.8 Å². The Morgan fingerprint density at radius 1 is 0.826 bits per heavy atom. The van der Waals surface area contributed by atoms with E-state index in [-0.39, 0.29) is 5.78 Å². The minimum Gasteiger partial charge on any atom is -0.497 e. The summed E-state index contributed by atoms with van der Waals surface area (Å²) in [6, 6.07) is 19.5. The molecule has 3 nitrogen and oxygen atoms in total. The first kappa shape index (κ1) is 15.1. The summed E-state index contributed by atoms with van der Waals surface area (Å²) in [7, 11) is 3.15. The fraction of sp³-hybridized carbons (Fsp3) is 0.150. The molecule has 0 radical (unpaired) electrons. The number of Topliss-reactive ketones (excluding diaryl/α,β-unsaturated/α-hetero) is 1. The van der Waals surface area contributed by atoms with E-state index in [1.807, 2.05) is 24.3 Å². The quantitative estimate of drug-likeness (QED) is 0.660. The highest BCUT2D eigenvalue weighted by Crippen LogP contribution is 2.24. The number of hydrogen-bond donors (Lipinski definition) is 0. The molecular formula is C20H18O3. The zero-order chi connectivity index (χ0) is 16.2. The van der Waals surface area contributed by atoms with Crippen LogP contribution in [0.4, 0.5) is 0 Å². The number of rotatable bonds is 5. The predicted octanol–water partition coefficient (Wildman–Crippen LogP) is 4.28. The molecule has 0 aliphatic carbocycles. The van der Waals surface area contributed by atoms with Gasteiger partial charge in [-0.05, 0) is 28.5 Å². The van der Waals surface area contributed by atoms with Crippen molar-refractivity contribution in [2.45, 2.75) is 6.42 Å². The van der Waals surface area contributed by atoms with Gasteiger partial charge in [0.05, 0.1) is 14.2 Å². The first-order valence-electron chi connectivity index (χ1n) is 7.43. The molecule has 0 aliphatic heterocycles. The van der Waals surface area contributed by atoms with E-state index < -0.39 is 0 Å². The van der Waals surface area contributed by atoms with E-state index in [0.29, 0.717) is 23.5 Å².